The SMILES string of the molecule is CC(=O)N[C@H]1CO[C@H]2[C@@H]1OC[C@@H]2NC(=O)C1CCCc2nn(C)cc21. The van der Waals surface area contributed by atoms with E-state index in [1.165, 1.54) is 6.92 Å². The Bertz CT molecular complexity index is 688. The number of carbonyl (C=O) groups excluding carboxylic acids is 2. The van der Waals surface area contributed by atoms with Crippen molar-refractivity contribution in [3.8, 4) is 0 Å². The Balaban J connectivity index is 1.42. The molecule has 8 heteroatoms. The number of rotatable bonds is 3. The molecule has 2 aliphatic heterocycles. The van der Waals surface area contributed by atoms with Crippen LogP contribution in [0.25, 0.3) is 0 Å². The van der Waals surface area contributed by atoms with Crippen molar-refractivity contribution in [1.29, 1.82) is 0 Å². The molecule has 0 radical (unpaired) electrons. The summed E-state index contributed by atoms with van der Waals surface area (Å²) in [5, 5.41) is 10.4. The second kappa shape index (κ2) is 6.42. The molecule has 25 heavy (non-hydrogen) atoms. The van der Waals surface area contributed by atoms with Gasteiger partial charge in [0.05, 0.1) is 36.9 Å². The summed E-state index contributed by atoms with van der Waals surface area (Å²) in [6.45, 7) is 2.30. The van der Waals surface area contributed by atoms with Gasteiger partial charge < -0.3 is 20.1 Å². The first-order valence-electron chi connectivity index (χ1n) is 8.86. The Morgan fingerprint density at radius 2 is 1.88 bits per heavy atom. The number of hydrogen-bond acceptors (Lipinski definition) is 5. The van der Waals surface area contributed by atoms with Crippen molar-refractivity contribution in [2.24, 2.45) is 7.05 Å². The van der Waals surface area contributed by atoms with Crippen LogP contribution in [0.2, 0.25) is 0 Å². The van der Waals surface area contributed by atoms with Crippen molar-refractivity contribution >= 4 is 11.8 Å². The molecule has 1 aromatic heterocycles. The highest BCUT2D eigenvalue weighted by atomic mass is 16.6. The standard InChI is InChI=1S/C17H24N4O4/c1-9(22)18-13-7-24-16-14(8-25-15(13)16)19-17(23)10-4-3-5-12-11(10)6-21(2)20-12/h6,10,13-16H,3-5,7-8H2,1-2H3,(H,18,22)(H,19,23)/t10?,13-,14-,15+,16+/m0/s1. The van der Waals surface area contributed by atoms with Crippen LogP contribution in [0, 0.1) is 0 Å². The van der Waals surface area contributed by atoms with Gasteiger partial charge in [0.15, 0.2) is 0 Å². The average Bonchev–Trinajstić information content (AvgIpc) is 3.22. The molecule has 2 saturated heterocycles. The Morgan fingerprint density at radius 3 is 2.56 bits per heavy atom. The lowest BCUT2D eigenvalue weighted by Crippen LogP contribution is -2.47. The van der Waals surface area contributed by atoms with Gasteiger partial charge in [-0.3, -0.25) is 14.3 Å². The lowest BCUT2D eigenvalue weighted by atomic mass is 9.86. The summed E-state index contributed by atoms with van der Waals surface area (Å²) in [5.41, 5.74) is 2.06. The lowest BCUT2D eigenvalue weighted by Gasteiger charge is -2.24. The van der Waals surface area contributed by atoms with Crippen LogP contribution in [0.4, 0.5) is 0 Å². The Kier molecular flexibility index (Phi) is 4.24. The molecule has 8 nitrogen and oxygen atoms in total. The minimum Gasteiger partial charge on any atom is -0.371 e. The predicted octanol–water partition coefficient (Wildman–Crippen LogP) is -0.373. The van der Waals surface area contributed by atoms with Gasteiger partial charge in [0.25, 0.3) is 0 Å². The Labute approximate surface area is 146 Å². The number of aryl methyl sites for hydroxylation is 2. The van der Waals surface area contributed by atoms with Gasteiger partial charge in [-0.15, -0.1) is 0 Å². The zero-order valence-corrected chi connectivity index (χ0v) is 14.5. The molecule has 2 N–H and O–H groups in total. The normalized spacial score (nSPS) is 33.6. The highest BCUT2D eigenvalue weighted by Crippen LogP contribution is 2.32. The molecule has 0 aromatic carbocycles. The fourth-order valence-corrected chi connectivity index (χ4v) is 4.23. The zero-order chi connectivity index (χ0) is 17.6. The number of amides is 2. The summed E-state index contributed by atoms with van der Waals surface area (Å²) in [6, 6.07) is -0.331. The van der Waals surface area contributed by atoms with Crippen molar-refractivity contribution in [3.63, 3.8) is 0 Å². The molecule has 2 amide bonds. The van der Waals surface area contributed by atoms with E-state index in [-0.39, 0.29) is 42.0 Å². The van der Waals surface area contributed by atoms with Crippen molar-refractivity contribution in [2.75, 3.05) is 13.2 Å². The van der Waals surface area contributed by atoms with Gasteiger partial charge in [-0.25, -0.2) is 0 Å². The molecular weight excluding hydrogens is 324 g/mol. The van der Waals surface area contributed by atoms with Crippen LogP contribution in [0.15, 0.2) is 6.20 Å². The van der Waals surface area contributed by atoms with Crippen LogP contribution < -0.4 is 10.6 Å². The van der Waals surface area contributed by atoms with E-state index in [0.29, 0.717) is 13.2 Å². The number of fused-ring (bicyclic) bond motifs is 2. The van der Waals surface area contributed by atoms with Crippen LogP contribution in [0.3, 0.4) is 0 Å². The molecule has 4 rings (SSSR count). The lowest BCUT2D eigenvalue weighted by molar-refractivity contribution is -0.124. The largest absolute Gasteiger partial charge is 0.371 e. The van der Waals surface area contributed by atoms with E-state index in [2.05, 4.69) is 15.7 Å². The van der Waals surface area contributed by atoms with Crippen LogP contribution in [0.1, 0.15) is 36.9 Å². The van der Waals surface area contributed by atoms with E-state index in [0.717, 1.165) is 30.5 Å². The topological polar surface area (TPSA) is 94.5 Å². The summed E-state index contributed by atoms with van der Waals surface area (Å²) in [6.07, 6.45) is 4.27. The van der Waals surface area contributed by atoms with E-state index in [9.17, 15) is 9.59 Å². The molecule has 1 unspecified atom stereocenters. The first-order chi connectivity index (χ1) is 12.0. The summed E-state index contributed by atoms with van der Waals surface area (Å²) in [4.78, 5) is 24.1. The van der Waals surface area contributed by atoms with Gasteiger partial charge in [0.2, 0.25) is 11.8 Å². The third-order valence-corrected chi connectivity index (χ3v) is 5.31. The van der Waals surface area contributed by atoms with Crippen LogP contribution in [-0.2, 0) is 32.5 Å². The van der Waals surface area contributed by atoms with Crippen LogP contribution >= 0.6 is 0 Å². The maximum absolute atomic E-state index is 12.8. The van der Waals surface area contributed by atoms with E-state index < -0.39 is 0 Å². The van der Waals surface area contributed by atoms with Crippen LogP contribution in [-0.4, -0.2) is 59.1 Å². The van der Waals surface area contributed by atoms with Crippen molar-refractivity contribution in [1.82, 2.24) is 20.4 Å². The third-order valence-electron chi connectivity index (χ3n) is 5.31. The second-order valence-corrected chi connectivity index (χ2v) is 7.17. The van der Waals surface area contributed by atoms with E-state index in [4.69, 9.17) is 9.47 Å². The molecular formula is C17H24N4O4. The van der Waals surface area contributed by atoms with Crippen LogP contribution in [0.5, 0.6) is 0 Å². The Morgan fingerprint density at radius 1 is 1.20 bits per heavy atom. The first-order valence-corrected chi connectivity index (χ1v) is 8.86. The monoisotopic (exact) mass is 348 g/mol. The van der Waals surface area contributed by atoms with Gasteiger partial charge in [0, 0.05) is 25.7 Å². The number of nitrogens with zero attached hydrogens (tertiary/aromatic N) is 2. The fraction of sp³-hybridized carbons (Fsp3) is 0.706. The van der Waals surface area contributed by atoms with Crippen molar-refractivity contribution < 1.29 is 19.1 Å². The van der Waals surface area contributed by atoms with E-state index in [1.807, 2.05) is 13.2 Å². The number of nitrogens with one attached hydrogen (secondary N) is 2. The zero-order valence-electron chi connectivity index (χ0n) is 14.5. The van der Waals surface area contributed by atoms with Crippen molar-refractivity contribution in [3.05, 3.63) is 17.5 Å². The molecule has 1 aromatic rings. The smallest absolute Gasteiger partial charge is 0.228 e. The molecule has 2 fully saturated rings. The number of hydrogen-bond donors (Lipinski definition) is 2. The van der Waals surface area contributed by atoms with Gasteiger partial charge in [-0.1, -0.05) is 0 Å². The molecule has 1 aliphatic carbocycles. The molecule has 3 aliphatic rings. The van der Waals surface area contributed by atoms with Crippen molar-refractivity contribution in [2.45, 2.75) is 56.4 Å². The summed E-state index contributed by atoms with van der Waals surface area (Å²) >= 11 is 0. The minimum atomic E-state index is -0.210. The highest BCUT2D eigenvalue weighted by Gasteiger charge is 2.49. The van der Waals surface area contributed by atoms with Gasteiger partial charge >= 0.3 is 0 Å². The second-order valence-electron chi connectivity index (χ2n) is 7.17. The third kappa shape index (κ3) is 3.04. The number of aromatic nitrogens is 2. The summed E-state index contributed by atoms with van der Waals surface area (Å²) in [7, 11) is 1.89. The molecule has 0 saturated carbocycles. The average molecular weight is 348 g/mol. The number of carbonyl (C=O) groups is 2. The van der Waals surface area contributed by atoms with E-state index >= 15 is 0 Å². The first kappa shape index (κ1) is 16.5. The number of ether oxygens (including phenoxy) is 2. The fourth-order valence-electron chi connectivity index (χ4n) is 4.23. The highest BCUT2D eigenvalue weighted by molar-refractivity contribution is 5.84. The minimum absolute atomic E-state index is 0.00905. The molecule has 3 heterocycles. The Hall–Kier alpha value is -1.93. The molecule has 0 bridgehead atoms. The maximum Gasteiger partial charge on any atom is 0.228 e. The summed E-state index contributed by atoms with van der Waals surface area (Å²) in [5.74, 6) is -0.254. The summed E-state index contributed by atoms with van der Waals surface area (Å²) < 4.78 is 13.4. The maximum atomic E-state index is 12.8. The van der Waals surface area contributed by atoms with Gasteiger partial charge in [0.1, 0.15) is 12.2 Å². The quantitative estimate of drug-likeness (QED) is 0.777. The molecule has 136 valence electrons. The molecule has 5 atom stereocenters. The predicted molar refractivity (Wildman–Crippen MR) is 87.9 cm³/mol. The van der Waals surface area contributed by atoms with E-state index in [1.54, 1.807) is 4.68 Å². The van der Waals surface area contributed by atoms with Gasteiger partial charge in [-0.05, 0) is 19.3 Å². The molecule has 0 spiro atoms. The van der Waals surface area contributed by atoms with Gasteiger partial charge in [-0.2, -0.15) is 5.10 Å².